The van der Waals surface area contributed by atoms with Gasteiger partial charge in [0.05, 0.1) is 12.8 Å². The van der Waals surface area contributed by atoms with Gasteiger partial charge in [-0.15, -0.1) is 0 Å². The quantitative estimate of drug-likeness (QED) is 0.641. The van der Waals surface area contributed by atoms with Crippen molar-refractivity contribution in [2.75, 3.05) is 6.61 Å². The molecular weight excluding hydrogens is 213 g/mol. The minimum atomic E-state index is -1.51. The van der Waals surface area contributed by atoms with Gasteiger partial charge in [0.2, 0.25) is 0 Å². The zero-order chi connectivity index (χ0) is 10.7. The number of hydrogen-bond acceptors (Lipinski definition) is 4. The molecule has 3 N–H and O–H groups in total. The van der Waals surface area contributed by atoms with Crippen molar-refractivity contribution in [1.82, 2.24) is 4.98 Å². The SMILES string of the molecule is OCC(O)C(O)c1cc(Cl)ncc1F. The molecule has 6 heteroatoms. The zero-order valence-electron chi connectivity index (χ0n) is 7.06. The smallest absolute Gasteiger partial charge is 0.147 e. The molecule has 0 saturated carbocycles. The molecule has 4 nitrogen and oxygen atoms in total. The second-order valence-electron chi connectivity index (χ2n) is 2.72. The molecule has 0 aliphatic carbocycles. The van der Waals surface area contributed by atoms with Gasteiger partial charge in [-0.25, -0.2) is 9.37 Å². The van der Waals surface area contributed by atoms with Crippen LogP contribution in [0, 0.1) is 5.82 Å². The molecule has 0 bridgehead atoms. The van der Waals surface area contributed by atoms with Crippen LogP contribution >= 0.6 is 11.6 Å². The van der Waals surface area contributed by atoms with E-state index in [1.165, 1.54) is 0 Å². The Bertz CT molecular complexity index is 323. The van der Waals surface area contributed by atoms with Gasteiger partial charge in [0.25, 0.3) is 0 Å². The molecule has 0 amide bonds. The van der Waals surface area contributed by atoms with Gasteiger partial charge in [0.15, 0.2) is 0 Å². The number of pyridine rings is 1. The highest BCUT2D eigenvalue weighted by molar-refractivity contribution is 6.29. The number of halogens is 2. The van der Waals surface area contributed by atoms with Gasteiger partial charge >= 0.3 is 0 Å². The van der Waals surface area contributed by atoms with Crippen molar-refractivity contribution in [2.45, 2.75) is 12.2 Å². The highest BCUT2D eigenvalue weighted by Gasteiger charge is 2.21. The van der Waals surface area contributed by atoms with E-state index in [4.69, 9.17) is 21.8 Å². The lowest BCUT2D eigenvalue weighted by atomic mass is 10.1. The third-order valence-electron chi connectivity index (χ3n) is 1.72. The Morgan fingerprint density at radius 3 is 2.71 bits per heavy atom. The summed E-state index contributed by atoms with van der Waals surface area (Å²) in [5.74, 6) is -0.783. The van der Waals surface area contributed by atoms with E-state index in [1.807, 2.05) is 0 Å². The monoisotopic (exact) mass is 221 g/mol. The number of rotatable bonds is 3. The summed E-state index contributed by atoms with van der Waals surface area (Å²) in [5.41, 5.74) is -0.188. The second kappa shape index (κ2) is 4.65. The van der Waals surface area contributed by atoms with Gasteiger partial charge in [-0.05, 0) is 6.07 Å². The van der Waals surface area contributed by atoms with Gasteiger partial charge in [-0.3, -0.25) is 0 Å². The summed E-state index contributed by atoms with van der Waals surface area (Å²) in [6.07, 6.45) is -2.12. The minimum Gasteiger partial charge on any atom is -0.394 e. The van der Waals surface area contributed by atoms with Crippen molar-refractivity contribution in [3.63, 3.8) is 0 Å². The zero-order valence-corrected chi connectivity index (χ0v) is 7.82. The van der Waals surface area contributed by atoms with Crippen molar-refractivity contribution in [3.05, 3.63) is 28.8 Å². The first-order valence-electron chi connectivity index (χ1n) is 3.84. The van der Waals surface area contributed by atoms with Crippen LogP contribution < -0.4 is 0 Å². The molecule has 0 spiro atoms. The van der Waals surface area contributed by atoms with Crippen molar-refractivity contribution >= 4 is 11.6 Å². The molecule has 0 radical (unpaired) electrons. The van der Waals surface area contributed by atoms with Gasteiger partial charge in [-0.2, -0.15) is 0 Å². The number of aliphatic hydroxyl groups is 3. The van der Waals surface area contributed by atoms with E-state index in [-0.39, 0.29) is 10.7 Å². The fourth-order valence-corrected chi connectivity index (χ4v) is 1.13. The van der Waals surface area contributed by atoms with Gasteiger partial charge < -0.3 is 15.3 Å². The highest BCUT2D eigenvalue weighted by atomic mass is 35.5. The molecule has 1 aromatic heterocycles. The fourth-order valence-electron chi connectivity index (χ4n) is 0.961. The van der Waals surface area contributed by atoms with Gasteiger partial charge in [-0.1, -0.05) is 11.6 Å². The predicted octanol–water partition coefficient (Wildman–Crippen LogP) is 0.261. The van der Waals surface area contributed by atoms with E-state index in [9.17, 15) is 9.50 Å². The molecule has 0 aliphatic rings. The number of hydrogen-bond donors (Lipinski definition) is 3. The van der Waals surface area contributed by atoms with Crippen molar-refractivity contribution in [3.8, 4) is 0 Å². The second-order valence-corrected chi connectivity index (χ2v) is 3.11. The molecule has 78 valence electrons. The van der Waals surface area contributed by atoms with Crippen LogP contribution in [-0.2, 0) is 0 Å². The van der Waals surface area contributed by atoms with Crippen molar-refractivity contribution in [2.24, 2.45) is 0 Å². The van der Waals surface area contributed by atoms with Crippen molar-refractivity contribution < 1.29 is 19.7 Å². The Balaban J connectivity index is 2.99. The largest absolute Gasteiger partial charge is 0.394 e. The van der Waals surface area contributed by atoms with Crippen LogP contribution in [0.4, 0.5) is 4.39 Å². The molecule has 0 saturated heterocycles. The molecule has 1 rings (SSSR count). The van der Waals surface area contributed by atoms with Crippen LogP contribution in [0.15, 0.2) is 12.3 Å². The summed E-state index contributed by atoms with van der Waals surface area (Å²) >= 11 is 5.48. The van der Waals surface area contributed by atoms with Crippen LogP contribution in [0.2, 0.25) is 5.15 Å². The molecule has 2 atom stereocenters. The lowest BCUT2D eigenvalue weighted by Crippen LogP contribution is -2.23. The fraction of sp³-hybridized carbons (Fsp3) is 0.375. The standard InChI is InChI=1S/C8H9ClFNO3/c9-7-1-4(5(10)2-11-7)8(14)6(13)3-12/h1-2,6,8,12-14H,3H2. The first-order valence-corrected chi connectivity index (χ1v) is 4.22. The predicted molar refractivity (Wildman–Crippen MR) is 47.3 cm³/mol. The van der Waals surface area contributed by atoms with Gasteiger partial charge in [0.1, 0.15) is 23.2 Å². The van der Waals surface area contributed by atoms with E-state index >= 15 is 0 Å². The number of nitrogens with zero attached hydrogens (tertiary/aromatic N) is 1. The minimum absolute atomic E-state index is 0.00518. The molecule has 0 fully saturated rings. The summed E-state index contributed by atoms with van der Waals surface area (Å²) < 4.78 is 13.0. The average Bonchev–Trinajstić information content (AvgIpc) is 2.19. The molecule has 1 heterocycles. The van der Waals surface area contributed by atoms with E-state index in [1.54, 1.807) is 0 Å². The Morgan fingerprint density at radius 2 is 2.14 bits per heavy atom. The van der Waals surface area contributed by atoms with Crippen LogP contribution in [0.3, 0.4) is 0 Å². The summed E-state index contributed by atoms with van der Waals surface area (Å²) in [7, 11) is 0. The maximum atomic E-state index is 13.0. The Labute approximate surface area is 84.6 Å². The van der Waals surface area contributed by atoms with E-state index in [2.05, 4.69) is 4.98 Å². The van der Waals surface area contributed by atoms with Crippen LogP contribution in [0.5, 0.6) is 0 Å². The first-order chi connectivity index (χ1) is 6.56. The van der Waals surface area contributed by atoms with E-state index < -0.39 is 24.6 Å². The number of aromatic nitrogens is 1. The summed E-state index contributed by atoms with van der Waals surface area (Å²) in [6.45, 7) is -0.666. The van der Waals surface area contributed by atoms with Crippen LogP contribution in [0.25, 0.3) is 0 Å². The Hall–Kier alpha value is -0.750. The lowest BCUT2D eigenvalue weighted by Gasteiger charge is -2.16. The summed E-state index contributed by atoms with van der Waals surface area (Å²) in [4.78, 5) is 3.44. The average molecular weight is 222 g/mol. The summed E-state index contributed by atoms with van der Waals surface area (Å²) in [6, 6.07) is 1.10. The van der Waals surface area contributed by atoms with E-state index in [0.717, 1.165) is 12.3 Å². The molecule has 0 aliphatic heterocycles. The molecule has 1 aromatic rings. The summed E-state index contributed by atoms with van der Waals surface area (Å²) in [5, 5.41) is 27.0. The van der Waals surface area contributed by atoms with Crippen LogP contribution in [-0.4, -0.2) is 33.0 Å². The highest BCUT2D eigenvalue weighted by Crippen LogP contribution is 2.21. The number of aliphatic hydroxyl groups excluding tert-OH is 3. The Morgan fingerprint density at radius 1 is 1.50 bits per heavy atom. The maximum Gasteiger partial charge on any atom is 0.147 e. The molecule has 14 heavy (non-hydrogen) atoms. The third-order valence-corrected chi connectivity index (χ3v) is 1.93. The third kappa shape index (κ3) is 2.39. The van der Waals surface area contributed by atoms with Crippen LogP contribution in [0.1, 0.15) is 11.7 Å². The Kier molecular flexibility index (Phi) is 3.77. The molecule has 2 unspecified atom stereocenters. The molecule has 0 aromatic carbocycles. The lowest BCUT2D eigenvalue weighted by molar-refractivity contribution is -0.0168. The molecular formula is C8H9ClFNO3. The topological polar surface area (TPSA) is 73.6 Å². The normalized spacial score (nSPS) is 15.2. The van der Waals surface area contributed by atoms with E-state index in [0.29, 0.717) is 0 Å². The maximum absolute atomic E-state index is 13.0. The van der Waals surface area contributed by atoms with Gasteiger partial charge in [0, 0.05) is 5.56 Å². The first kappa shape index (κ1) is 11.3. The van der Waals surface area contributed by atoms with Crippen molar-refractivity contribution in [1.29, 1.82) is 0 Å².